The highest BCUT2D eigenvalue weighted by Gasteiger charge is 2.31. The van der Waals surface area contributed by atoms with Gasteiger partial charge in [-0.1, -0.05) is 0 Å². The van der Waals surface area contributed by atoms with Crippen LogP contribution in [0.5, 0.6) is 0 Å². The molecule has 6 nitrogen and oxygen atoms in total. The van der Waals surface area contributed by atoms with Crippen LogP contribution in [0, 0.1) is 12.7 Å². The number of anilines is 1. The van der Waals surface area contributed by atoms with Gasteiger partial charge < -0.3 is 19.9 Å². The van der Waals surface area contributed by atoms with Crippen LogP contribution >= 0.6 is 0 Å². The first-order valence-corrected chi connectivity index (χ1v) is 8.95. The fourth-order valence-corrected chi connectivity index (χ4v) is 4.05. The lowest BCUT2D eigenvalue weighted by Gasteiger charge is -2.24. The van der Waals surface area contributed by atoms with Crippen LogP contribution in [0.2, 0.25) is 0 Å². The molecule has 1 aliphatic heterocycles. The number of hydrogen-bond acceptors (Lipinski definition) is 4. The number of aryl methyl sites for hydroxylation is 1. The summed E-state index contributed by atoms with van der Waals surface area (Å²) in [7, 11) is 1.90. The van der Waals surface area contributed by atoms with E-state index in [-0.39, 0.29) is 17.0 Å². The van der Waals surface area contributed by atoms with E-state index in [9.17, 15) is 19.1 Å². The number of hydrogen-bond donors (Lipinski definition) is 2. The maximum Gasteiger partial charge on any atom is 0.341 e. The summed E-state index contributed by atoms with van der Waals surface area (Å²) in [4.78, 5) is 26.1. The van der Waals surface area contributed by atoms with Crippen LogP contribution in [-0.2, 0) is 0 Å². The van der Waals surface area contributed by atoms with Crippen molar-refractivity contribution in [1.29, 1.82) is 0 Å². The number of fused-ring (bicyclic) bond motifs is 1. The van der Waals surface area contributed by atoms with E-state index in [0.717, 1.165) is 25.8 Å². The number of benzene rings is 1. The van der Waals surface area contributed by atoms with Gasteiger partial charge in [-0.3, -0.25) is 4.79 Å². The van der Waals surface area contributed by atoms with Crippen molar-refractivity contribution in [2.24, 2.45) is 0 Å². The molecule has 2 fully saturated rings. The van der Waals surface area contributed by atoms with Crippen molar-refractivity contribution < 1.29 is 14.3 Å². The Kier molecular flexibility index (Phi) is 3.99. The van der Waals surface area contributed by atoms with Crippen LogP contribution in [0.1, 0.15) is 41.2 Å². The lowest BCUT2D eigenvalue weighted by Crippen LogP contribution is -2.30. The molecule has 4 rings (SSSR count). The Morgan fingerprint density at radius 1 is 1.35 bits per heavy atom. The van der Waals surface area contributed by atoms with Gasteiger partial charge in [0, 0.05) is 36.8 Å². The number of pyridine rings is 1. The Morgan fingerprint density at radius 2 is 2.08 bits per heavy atom. The number of nitrogens with one attached hydrogen (secondary N) is 1. The minimum absolute atomic E-state index is 0.153. The Morgan fingerprint density at radius 3 is 2.65 bits per heavy atom. The highest BCUT2D eigenvalue weighted by molar-refractivity contribution is 5.95. The molecule has 26 heavy (non-hydrogen) atoms. The van der Waals surface area contributed by atoms with Crippen molar-refractivity contribution in [3.63, 3.8) is 0 Å². The molecule has 1 aromatic heterocycles. The van der Waals surface area contributed by atoms with Crippen molar-refractivity contribution >= 4 is 22.6 Å². The van der Waals surface area contributed by atoms with Gasteiger partial charge in [0.25, 0.3) is 0 Å². The van der Waals surface area contributed by atoms with Gasteiger partial charge in [-0.2, -0.15) is 0 Å². The maximum atomic E-state index is 15.0. The largest absolute Gasteiger partial charge is 0.477 e. The van der Waals surface area contributed by atoms with Gasteiger partial charge in [0.15, 0.2) is 0 Å². The van der Waals surface area contributed by atoms with Gasteiger partial charge in [-0.15, -0.1) is 0 Å². The molecule has 1 aromatic carbocycles. The molecule has 2 N–H and O–H groups in total. The zero-order chi connectivity index (χ0) is 18.6. The second-order valence-corrected chi connectivity index (χ2v) is 7.26. The molecule has 0 spiro atoms. The van der Waals surface area contributed by atoms with Crippen molar-refractivity contribution in [3.8, 4) is 0 Å². The average Bonchev–Trinajstić information content (AvgIpc) is 3.33. The molecule has 0 bridgehead atoms. The van der Waals surface area contributed by atoms with Crippen LogP contribution in [0.4, 0.5) is 10.1 Å². The zero-order valence-electron chi connectivity index (χ0n) is 14.9. The molecule has 138 valence electrons. The first-order valence-electron chi connectivity index (χ1n) is 8.95. The van der Waals surface area contributed by atoms with Gasteiger partial charge in [-0.25, -0.2) is 9.18 Å². The van der Waals surface area contributed by atoms with Gasteiger partial charge >= 0.3 is 5.97 Å². The van der Waals surface area contributed by atoms with E-state index >= 15 is 0 Å². The molecule has 2 aliphatic rings. The first kappa shape index (κ1) is 17.0. The molecule has 1 atom stereocenters. The van der Waals surface area contributed by atoms with E-state index in [0.29, 0.717) is 29.4 Å². The van der Waals surface area contributed by atoms with Gasteiger partial charge in [0.1, 0.15) is 11.4 Å². The number of nitrogens with zero attached hydrogens (tertiary/aromatic N) is 2. The van der Waals surface area contributed by atoms with Gasteiger partial charge in [-0.05, 0) is 44.9 Å². The van der Waals surface area contributed by atoms with Crippen LogP contribution in [0.25, 0.3) is 10.9 Å². The fraction of sp³-hybridized carbons (Fsp3) is 0.474. The number of aromatic nitrogens is 1. The Labute approximate surface area is 150 Å². The summed E-state index contributed by atoms with van der Waals surface area (Å²) in [5.41, 5.74) is 0.969. The predicted molar refractivity (Wildman–Crippen MR) is 97.8 cm³/mol. The molecule has 1 aliphatic carbocycles. The molecular formula is C19H22FN3O3. The van der Waals surface area contributed by atoms with Crippen LogP contribution in [0.15, 0.2) is 17.1 Å². The molecule has 1 saturated heterocycles. The smallest absolute Gasteiger partial charge is 0.341 e. The van der Waals surface area contributed by atoms with E-state index in [2.05, 4.69) is 5.32 Å². The number of rotatable bonds is 4. The molecule has 2 heterocycles. The lowest BCUT2D eigenvalue weighted by molar-refractivity contribution is 0.0695. The Hall–Kier alpha value is -2.41. The van der Waals surface area contributed by atoms with Crippen molar-refractivity contribution in [1.82, 2.24) is 9.88 Å². The topological polar surface area (TPSA) is 74.6 Å². The van der Waals surface area contributed by atoms with E-state index in [1.165, 1.54) is 12.3 Å². The number of carbonyl (C=O) groups is 1. The summed E-state index contributed by atoms with van der Waals surface area (Å²) in [5.74, 6) is -1.74. The maximum absolute atomic E-state index is 15.0. The van der Waals surface area contributed by atoms with Crippen molar-refractivity contribution in [2.45, 2.75) is 38.3 Å². The summed E-state index contributed by atoms with van der Waals surface area (Å²) in [6.45, 7) is 3.28. The first-order chi connectivity index (χ1) is 12.4. The third-order valence-electron chi connectivity index (χ3n) is 5.56. The molecule has 0 radical (unpaired) electrons. The van der Waals surface area contributed by atoms with Crippen LogP contribution in [0.3, 0.4) is 0 Å². The Bertz CT molecular complexity index is 965. The van der Waals surface area contributed by atoms with Crippen LogP contribution < -0.4 is 15.6 Å². The molecule has 1 unspecified atom stereocenters. The molecule has 2 aromatic rings. The second-order valence-electron chi connectivity index (χ2n) is 7.26. The number of carboxylic acid groups (broad SMARTS) is 1. The third-order valence-corrected chi connectivity index (χ3v) is 5.56. The summed E-state index contributed by atoms with van der Waals surface area (Å²) in [6.07, 6.45) is 4.24. The molecule has 0 amide bonds. The molecular weight excluding hydrogens is 337 g/mol. The van der Waals surface area contributed by atoms with Gasteiger partial charge in [0.2, 0.25) is 5.43 Å². The van der Waals surface area contributed by atoms with E-state index in [4.69, 9.17) is 0 Å². The summed E-state index contributed by atoms with van der Waals surface area (Å²) in [6, 6.07) is 1.71. The highest BCUT2D eigenvalue weighted by atomic mass is 19.1. The van der Waals surface area contributed by atoms with Crippen molar-refractivity contribution in [3.05, 3.63) is 39.4 Å². The molecule has 7 heteroatoms. The minimum Gasteiger partial charge on any atom is -0.477 e. The normalized spacial score (nSPS) is 20.1. The predicted octanol–water partition coefficient (Wildman–Crippen LogP) is 2.28. The van der Waals surface area contributed by atoms with Gasteiger partial charge in [0.05, 0.1) is 11.2 Å². The summed E-state index contributed by atoms with van der Waals surface area (Å²) in [5, 5.41) is 12.7. The van der Waals surface area contributed by atoms with E-state index in [1.807, 2.05) is 23.4 Å². The SMILES string of the molecule is CNC1CCN(c2c(F)cc3c(=O)c(C(=O)O)cn(C4CC4)c3c2C)C1. The van der Waals surface area contributed by atoms with Crippen LogP contribution in [-0.4, -0.2) is 41.8 Å². The van der Waals surface area contributed by atoms with E-state index in [1.54, 1.807) is 0 Å². The fourth-order valence-electron chi connectivity index (χ4n) is 4.05. The summed E-state index contributed by atoms with van der Waals surface area (Å²) >= 11 is 0. The number of halogens is 1. The van der Waals surface area contributed by atoms with Crippen molar-refractivity contribution in [2.75, 3.05) is 25.0 Å². The quantitative estimate of drug-likeness (QED) is 0.876. The minimum atomic E-state index is -1.27. The monoisotopic (exact) mass is 359 g/mol. The Balaban J connectivity index is 1.97. The van der Waals surface area contributed by atoms with E-state index < -0.39 is 17.2 Å². The zero-order valence-corrected chi connectivity index (χ0v) is 14.9. The third kappa shape index (κ3) is 2.58. The lowest BCUT2D eigenvalue weighted by atomic mass is 10.0. The molecule has 1 saturated carbocycles. The average molecular weight is 359 g/mol. The number of likely N-dealkylation sites (N-methyl/N-ethyl adjacent to an activating group) is 1. The standard InChI is InChI=1S/C19H22FN3O3/c1-10-16-13(7-15(20)17(10)22-6-5-11(8-22)21-2)18(24)14(19(25)26)9-23(16)12-3-4-12/h7,9,11-12,21H,3-6,8H2,1-2H3,(H,25,26). The summed E-state index contributed by atoms with van der Waals surface area (Å²) < 4.78 is 16.8. The second kappa shape index (κ2) is 6.09. The highest BCUT2D eigenvalue weighted by Crippen LogP contribution is 2.40. The number of carboxylic acids is 1. The number of aromatic carboxylic acids is 1.